The van der Waals surface area contributed by atoms with E-state index < -0.39 is 23.6 Å². The number of rotatable bonds is 3. The molecule has 1 aliphatic heterocycles. The first-order chi connectivity index (χ1) is 9.65. The van der Waals surface area contributed by atoms with Crippen molar-refractivity contribution in [1.82, 2.24) is 4.90 Å². The van der Waals surface area contributed by atoms with Crippen LogP contribution in [0.15, 0.2) is 0 Å². The molecular formula is C15H25NO5. The Morgan fingerprint density at radius 1 is 1.33 bits per heavy atom. The molecule has 2 atom stereocenters. The number of ether oxygens (including phenoxy) is 2. The van der Waals surface area contributed by atoms with Gasteiger partial charge in [-0.3, -0.25) is 9.59 Å². The number of nitrogens with zero attached hydrogens (tertiary/aromatic N) is 1. The zero-order chi connectivity index (χ0) is 16.2. The van der Waals surface area contributed by atoms with Gasteiger partial charge in [-0.1, -0.05) is 6.92 Å². The highest BCUT2D eigenvalue weighted by molar-refractivity contribution is 5.95. The van der Waals surface area contributed by atoms with E-state index in [0.29, 0.717) is 13.0 Å². The number of amides is 2. The predicted molar refractivity (Wildman–Crippen MR) is 76.5 cm³/mol. The number of imide groups is 1. The molecule has 0 spiro atoms. The fraction of sp³-hybridized carbons (Fsp3) is 0.800. The Bertz CT molecular complexity index is 413. The Morgan fingerprint density at radius 3 is 2.48 bits per heavy atom. The first kappa shape index (κ1) is 17.5. The van der Waals surface area contributed by atoms with Gasteiger partial charge in [0.2, 0.25) is 5.91 Å². The fourth-order valence-electron chi connectivity index (χ4n) is 2.27. The summed E-state index contributed by atoms with van der Waals surface area (Å²) in [7, 11) is 0. The van der Waals surface area contributed by atoms with E-state index in [1.165, 1.54) is 0 Å². The lowest BCUT2D eigenvalue weighted by atomic mass is 9.84. The number of carbonyl (C=O) groups is 3. The number of esters is 1. The third kappa shape index (κ3) is 5.02. The van der Waals surface area contributed by atoms with Gasteiger partial charge in [-0.2, -0.15) is 0 Å². The summed E-state index contributed by atoms with van der Waals surface area (Å²) in [5.74, 6) is -1.24. The Morgan fingerprint density at radius 2 is 1.95 bits per heavy atom. The molecule has 2 amide bonds. The SMILES string of the molecule is CCOC(=O)CC1C(=O)N(C(=O)OC(C)(C)C)CCC1C. The maximum Gasteiger partial charge on any atom is 0.417 e. The van der Waals surface area contributed by atoms with Crippen LogP contribution < -0.4 is 0 Å². The Labute approximate surface area is 125 Å². The van der Waals surface area contributed by atoms with Crippen LogP contribution >= 0.6 is 0 Å². The number of likely N-dealkylation sites (tertiary alicyclic amines) is 1. The number of hydrogen-bond donors (Lipinski definition) is 0. The van der Waals surface area contributed by atoms with Crippen molar-refractivity contribution < 1.29 is 23.9 Å². The van der Waals surface area contributed by atoms with Crippen LogP contribution in [0.5, 0.6) is 0 Å². The minimum Gasteiger partial charge on any atom is -0.466 e. The highest BCUT2D eigenvalue weighted by Crippen LogP contribution is 2.28. The van der Waals surface area contributed by atoms with E-state index in [2.05, 4.69) is 0 Å². The van der Waals surface area contributed by atoms with Crippen LogP contribution in [0.4, 0.5) is 4.79 Å². The molecule has 1 rings (SSSR count). The van der Waals surface area contributed by atoms with Gasteiger partial charge in [0.1, 0.15) is 5.60 Å². The van der Waals surface area contributed by atoms with Crippen LogP contribution in [0.2, 0.25) is 0 Å². The van der Waals surface area contributed by atoms with Gasteiger partial charge in [-0.15, -0.1) is 0 Å². The molecule has 0 saturated carbocycles. The standard InChI is InChI=1S/C15H25NO5/c1-6-20-12(17)9-11-10(2)7-8-16(13(11)18)14(19)21-15(3,4)5/h10-11H,6-9H2,1-5H3. The summed E-state index contributed by atoms with van der Waals surface area (Å²) in [6.07, 6.45) is 0.0237. The molecule has 0 aromatic heterocycles. The second kappa shape index (κ2) is 6.91. The van der Waals surface area contributed by atoms with E-state index in [4.69, 9.17) is 9.47 Å². The molecule has 6 nitrogen and oxygen atoms in total. The zero-order valence-electron chi connectivity index (χ0n) is 13.5. The quantitative estimate of drug-likeness (QED) is 0.748. The molecule has 0 aromatic carbocycles. The number of carbonyl (C=O) groups excluding carboxylic acids is 3. The summed E-state index contributed by atoms with van der Waals surface area (Å²) in [5.41, 5.74) is -0.656. The van der Waals surface area contributed by atoms with Crippen LogP contribution in [-0.4, -0.2) is 41.6 Å². The summed E-state index contributed by atoms with van der Waals surface area (Å²) in [5, 5.41) is 0. The topological polar surface area (TPSA) is 72.9 Å². The van der Waals surface area contributed by atoms with Gasteiger partial charge in [0, 0.05) is 6.54 Å². The normalized spacial score (nSPS) is 22.9. The van der Waals surface area contributed by atoms with Crippen molar-refractivity contribution in [2.45, 2.75) is 53.1 Å². The van der Waals surface area contributed by atoms with E-state index in [-0.39, 0.29) is 24.9 Å². The summed E-state index contributed by atoms with van der Waals surface area (Å²) in [4.78, 5) is 37.2. The second-order valence-corrected chi connectivity index (χ2v) is 6.35. The van der Waals surface area contributed by atoms with Gasteiger partial charge >= 0.3 is 12.1 Å². The smallest absolute Gasteiger partial charge is 0.417 e. The molecular weight excluding hydrogens is 274 g/mol. The maximum atomic E-state index is 12.4. The minimum absolute atomic E-state index is 0.00708. The summed E-state index contributed by atoms with van der Waals surface area (Å²) < 4.78 is 10.1. The molecule has 6 heteroatoms. The second-order valence-electron chi connectivity index (χ2n) is 6.35. The van der Waals surface area contributed by atoms with Crippen molar-refractivity contribution in [1.29, 1.82) is 0 Å². The molecule has 1 heterocycles. The van der Waals surface area contributed by atoms with Crippen LogP contribution in [0.1, 0.15) is 47.5 Å². The van der Waals surface area contributed by atoms with Gasteiger partial charge in [-0.05, 0) is 40.0 Å². The number of hydrogen-bond acceptors (Lipinski definition) is 5. The Kier molecular flexibility index (Phi) is 5.75. The summed E-state index contributed by atoms with van der Waals surface area (Å²) in [6, 6.07) is 0. The highest BCUT2D eigenvalue weighted by Gasteiger charge is 2.40. The van der Waals surface area contributed by atoms with Crippen LogP contribution in [-0.2, 0) is 19.1 Å². The first-order valence-corrected chi connectivity index (χ1v) is 7.35. The van der Waals surface area contributed by atoms with E-state index in [0.717, 1.165) is 4.90 Å². The monoisotopic (exact) mass is 299 g/mol. The highest BCUT2D eigenvalue weighted by atomic mass is 16.6. The van der Waals surface area contributed by atoms with Crippen molar-refractivity contribution in [3.63, 3.8) is 0 Å². The predicted octanol–water partition coefficient (Wildman–Crippen LogP) is 2.36. The fourth-order valence-corrected chi connectivity index (χ4v) is 2.27. The minimum atomic E-state index is -0.656. The van der Waals surface area contributed by atoms with Crippen LogP contribution in [0.3, 0.4) is 0 Å². The summed E-state index contributed by atoms with van der Waals surface area (Å²) >= 11 is 0. The third-order valence-corrected chi connectivity index (χ3v) is 3.38. The molecule has 1 fully saturated rings. The average Bonchev–Trinajstić information content (AvgIpc) is 2.32. The van der Waals surface area contributed by atoms with Crippen molar-refractivity contribution in [2.75, 3.05) is 13.2 Å². The van der Waals surface area contributed by atoms with Crippen molar-refractivity contribution in [2.24, 2.45) is 11.8 Å². The number of piperidine rings is 1. The molecule has 120 valence electrons. The molecule has 0 N–H and O–H groups in total. The van der Waals surface area contributed by atoms with E-state index in [9.17, 15) is 14.4 Å². The van der Waals surface area contributed by atoms with E-state index in [1.54, 1.807) is 27.7 Å². The van der Waals surface area contributed by atoms with Crippen molar-refractivity contribution >= 4 is 18.0 Å². The maximum absolute atomic E-state index is 12.4. The molecule has 21 heavy (non-hydrogen) atoms. The third-order valence-electron chi connectivity index (χ3n) is 3.38. The van der Waals surface area contributed by atoms with Gasteiger partial charge in [0.15, 0.2) is 0 Å². The molecule has 2 unspecified atom stereocenters. The lowest BCUT2D eigenvalue weighted by molar-refractivity contribution is -0.151. The van der Waals surface area contributed by atoms with Crippen molar-refractivity contribution in [3.05, 3.63) is 0 Å². The van der Waals surface area contributed by atoms with Crippen molar-refractivity contribution in [3.8, 4) is 0 Å². The zero-order valence-corrected chi connectivity index (χ0v) is 13.5. The van der Waals surface area contributed by atoms with Crippen LogP contribution in [0.25, 0.3) is 0 Å². The van der Waals surface area contributed by atoms with E-state index >= 15 is 0 Å². The molecule has 0 bridgehead atoms. The average molecular weight is 299 g/mol. The van der Waals surface area contributed by atoms with Crippen LogP contribution in [0, 0.1) is 11.8 Å². The lowest BCUT2D eigenvalue weighted by Crippen LogP contribution is -2.50. The molecule has 1 aliphatic rings. The molecule has 1 saturated heterocycles. The first-order valence-electron chi connectivity index (χ1n) is 7.35. The Balaban J connectivity index is 2.75. The molecule has 0 aromatic rings. The van der Waals surface area contributed by atoms with Gasteiger partial charge < -0.3 is 9.47 Å². The largest absolute Gasteiger partial charge is 0.466 e. The van der Waals surface area contributed by atoms with E-state index in [1.807, 2.05) is 6.92 Å². The molecule has 0 aliphatic carbocycles. The van der Waals surface area contributed by atoms with Gasteiger partial charge in [0.05, 0.1) is 18.9 Å². The molecule has 0 radical (unpaired) electrons. The Hall–Kier alpha value is -1.59. The van der Waals surface area contributed by atoms with Gasteiger partial charge in [-0.25, -0.2) is 9.69 Å². The lowest BCUT2D eigenvalue weighted by Gasteiger charge is -2.35. The van der Waals surface area contributed by atoms with Gasteiger partial charge in [0.25, 0.3) is 0 Å². The summed E-state index contributed by atoms with van der Waals surface area (Å²) in [6.45, 7) is 9.48.